The number of amides is 2. The Morgan fingerprint density at radius 1 is 1.03 bits per heavy atom. The van der Waals surface area contributed by atoms with E-state index < -0.39 is 28.5 Å². The second kappa shape index (κ2) is 13.2. The fourth-order valence-electron chi connectivity index (χ4n) is 5.03. The third-order valence-electron chi connectivity index (χ3n) is 6.90. The van der Waals surface area contributed by atoms with Gasteiger partial charge in [-0.05, 0) is 68.5 Å². The van der Waals surface area contributed by atoms with Crippen LogP contribution in [0.5, 0.6) is 0 Å². The fourth-order valence-corrected chi connectivity index (χ4v) is 6.38. The summed E-state index contributed by atoms with van der Waals surface area (Å²) in [6, 6.07) is 9.68. The van der Waals surface area contributed by atoms with Gasteiger partial charge >= 0.3 is 0 Å². The summed E-state index contributed by atoms with van der Waals surface area (Å²) in [5.74, 6) is -0.774. The molecule has 1 aliphatic rings. The van der Waals surface area contributed by atoms with Gasteiger partial charge < -0.3 is 10.2 Å². The van der Waals surface area contributed by atoms with Crippen LogP contribution in [0.25, 0.3) is 0 Å². The van der Waals surface area contributed by atoms with Gasteiger partial charge in [-0.3, -0.25) is 13.9 Å². The van der Waals surface area contributed by atoms with Gasteiger partial charge in [-0.25, -0.2) is 8.42 Å². The van der Waals surface area contributed by atoms with Crippen LogP contribution < -0.4 is 9.62 Å². The SMILES string of the molecule is CC[C@H](C(=O)NC1CCCCC1)N(Cc1c(Cl)cccc1Cl)C(=O)CN(c1cc(C)cc(C)c1)S(C)(=O)=O. The molecule has 1 saturated carbocycles. The lowest BCUT2D eigenvalue weighted by Gasteiger charge is -2.34. The Bertz CT molecular complexity index is 1220. The van der Waals surface area contributed by atoms with Gasteiger partial charge in [0.2, 0.25) is 21.8 Å². The van der Waals surface area contributed by atoms with Gasteiger partial charge in [0, 0.05) is 28.2 Å². The van der Waals surface area contributed by atoms with Crippen LogP contribution in [0, 0.1) is 13.8 Å². The summed E-state index contributed by atoms with van der Waals surface area (Å²) < 4.78 is 26.8. The van der Waals surface area contributed by atoms with Crippen molar-refractivity contribution in [2.24, 2.45) is 0 Å². The van der Waals surface area contributed by atoms with E-state index >= 15 is 0 Å². The van der Waals surface area contributed by atoms with Crippen LogP contribution >= 0.6 is 23.2 Å². The Kier molecular flexibility index (Phi) is 10.5. The van der Waals surface area contributed by atoms with Gasteiger partial charge in [0.05, 0.1) is 11.9 Å². The summed E-state index contributed by atoms with van der Waals surface area (Å²) in [4.78, 5) is 28.8. The highest BCUT2D eigenvalue weighted by molar-refractivity contribution is 7.92. The predicted molar refractivity (Wildman–Crippen MR) is 154 cm³/mol. The number of carbonyl (C=O) groups excluding carboxylic acids is 2. The zero-order valence-corrected chi connectivity index (χ0v) is 24.8. The van der Waals surface area contributed by atoms with Crippen LogP contribution in [0.15, 0.2) is 36.4 Å². The molecule has 7 nitrogen and oxygen atoms in total. The van der Waals surface area contributed by atoms with E-state index in [1.165, 1.54) is 4.90 Å². The van der Waals surface area contributed by atoms with Crippen LogP contribution in [-0.4, -0.2) is 50.0 Å². The molecular weight excluding hydrogens is 545 g/mol. The van der Waals surface area contributed by atoms with Gasteiger partial charge in [-0.1, -0.05) is 61.5 Å². The van der Waals surface area contributed by atoms with E-state index in [1.807, 2.05) is 26.8 Å². The lowest BCUT2D eigenvalue weighted by molar-refractivity contribution is -0.140. The summed E-state index contributed by atoms with van der Waals surface area (Å²) in [6.07, 6.45) is 6.48. The van der Waals surface area contributed by atoms with Crippen molar-refractivity contribution in [2.45, 2.75) is 77.9 Å². The molecule has 0 unspecified atom stereocenters. The number of rotatable bonds is 10. The smallest absolute Gasteiger partial charge is 0.244 e. The van der Waals surface area contributed by atoms with Gasteiger partial charge in [0.15, 0.2) is 0 Å². The first-order valence-corrected chi connectivity index (χ1v) is 15.6. The van der Waals surface area contributed by atoms with E-state index in [0.29, 0.717) is 27.7 Å². The minimum absolute atomic E-state index is 0.0294. The fraction of sp³-hybridized carbons (Fsp3) is 0.500. The number of benzene rings is 2. The van der Waals surface area contributed by atoms with Gasteiger partial charge in [0.25, 0.3) is 0 Å². The molecule has 0 aromatic heterocycles. The zero-order chi connectivity index (χ0) is 28.0. The molecule has 0 bridgehead atoms. The highest BCUT2D eigenvalue weighted by Crippen LogP contribution is 2.28. The van der Waals surface area contributed by atoms with Crippen LogP contribution in [0.2, 0.25) is 10.0 Å². The van der Waals surface area contributed by atoms with Crippen LogP contribution in [0.1, 0.15) is 62.1 Å². The molecule has 1 fully saturated rings. The minimum atomic E-state index is -3.81. The van der Waals surface area contributed by atoms with E-state index in [9.17, 15) is 18.0 Å². The van der Waals surface area contributed by atoms with E-state index in [2.05, 4.69) is 5.32 Å². The average Bonchev–Trinajstić information content (AvgIpc) is 2.83. The molecule has 0 aliphatic heterocycles. The van der Waals surface area contributed by atoms with Crippen LogP contribution in [0.4, 0.5) is 5.69 Å². The van der Waals surface area contributed by atoms with E-state index in [-0.39, 0.29) is 18.5 Å². The van der Waals surface area contributed by atoms with Crippen molar-refractivity contribution >= 4 is 50.7 Å². The number of carbonyl (C=O) groups is 2. The molecule has 3 rings (SSSR count). The molecule has 10 heteroatoms. The molecule has 1 atom stereocenters. The first-order valence-electron chi connectivity index (χ1n) is 13.0. The van der Waals surface area contributed by atoms with Crippen molar-refractivity contribution in [1.29, 1.82) is 0 Å². The highest BCUT2D eigenvalue weighted by atomic mass is 35.5. The molecule has 0 heterocycles. The number of anilines is 1. The Morgan fingerprint density at radius 3 is 2.13 bits per heavy atom. The number of hydrogen-bond donors (Lipinski definition) is 1. The third kappa shape index (κ3) is 7.87. The number of nitrogens with zero attached hydrogens (tertiary/aromatic N) is 2. The van der Waals surface area contributed by atoms with Crippen molar-refractivity contribution in [1.82, 2.24) is 10.2 Å². The monoisotopic (exact) mass is 581 g/mol. The third-order valence-corrected chi connectivity index (χ3v) is 8.75. The molecule has 0 saturated heterocycles. The standard InChI is InChI=1S/C28H37Cl2N3O4S/c1-5-26(28(35)31-21-10-7-6-8-11-21)32(17-23-24(29)12-9-13-25(23)30)27(34)18-33(38(4,36)37)22-15-19(2)14-20(3)16-22/h9,12-16,21,26H,5-8,10-11,17-18H2,1-4H3,(H,31,35)/t26-/m1/s1. The van der Waals surface area contributed by atoms with Crippen LogP contribution in [0.3, 0.4) is 0 Å². The minimum Gasteiger partial charge on any atom is -0.352 e. The average molecular weight is 583 g/mol. The second-order valence-electron chi connectivity index (χ2n) is 10.1. The first-order chi connectivity index (χ1) is 17.9. The summed E-state index contributed by atoms with van der Waals surface area (Å²) in [7, 11) is -3.81. The molecule has 208 valence electrons. The molecule has 0 spiro atoms. The quantitative estimate of drug-likeness (QED) is 0.393. The number of aryl methyl sites for hydroxylation is 2. The number of halogens is 2. The first kappa shape index (κ1) is 30.3. The highest BCUT2D eigenvalue weighted by Gasteiger charge is 2.33. The molecule has 2 amide bonds. The summed E-state index contributed by atoms with van der Waals surface area (Å²) in [5, 5.41) is 3.86. The number of sulfonamides is 1. The number of nitrogens with one attached hydrogen (secondary N) is 1. The van der Waals surface area contributed by atoms with Gasteiger partial charge in [0.1, 0.15) is 12.6 Å². The number of hydrogen-bond acceptors (Lipinski definition) is 4. The van der Waals surface area contributed by atoms with Crippen molar-refractivity contribution in [2.75, 3.05) is 17.1 Å². The Labute approximate surface area is 236 Å². The Morgan fingerprint density at radius 2 is 1.61 bits per heavy atom. The van der Waals surface area contributed by atoms with Crippen molar-refractivity contribution < 1.29 is 18.0 Å². The van der Waals surface area contributed by atoms with Crippen molar-refractivity contribution in [3.05, 3.63) is 63.1 Å². The zero-order valence-electron chi connectivity index (χ0n) is 22.5. The maximum absolute atomic E-state index is 13.9. The van der Waals surface area contributed by atoms with E-state index in [4.69, 9.17) is 23.2 Å². The normalized spacial score (nSPS) is 15.1. The van der Waals surface area contributed by atoms with Crippen molar-refractivity contribution in [3.63, 3.8) is 0 Å². The summed E-state index contributed by atoms with van der Waals surface area (Å²) in [5.41, 5.74) is 2.65. The molecule has 0 radical (unpaired) electrons. The molecule has 1 N–H and O–H groups in total. The molecule has 1 aliphatic carbocycles. The predicted octanol–water partition coefficient (Wildman–Crippen LogP) is 5.63. The maximum Gasteiger partial charge on any atom is 0.244 e. The molecule has 2 aromatic rings. The Hall–Kier alpha value is -2.29. The Balaban J connectivity index is 1.98. The largest absolute Gasteiger partial charge is 0.352 e. The van der Waals surface area contributed by atoms with Crippen molar-refractivity contribution in [3.8, 4) is 0 Å². The second-order valence-corrected chi connectivity index (χ2v) is 12.8. The summed E-state index contributed by atoms with van der Waals surface area (Å²) in [6.45, 7) is 5.08. The van der Waals surface area contributed by atoms with E-state index in [0.717, 1.165) is 53.8 Å². The molecule has 2 aromatic carbocycles. The lowest BCUT2D eigenvalue weighted by atomic mass is 9.95. The van der Waals surface area contributed by atoms with Gasteiger partial charge in [-0.2, -0.15) is 0 Å². The summed E-state index contributed by atoms with van der Waals surface area (Å²) >= 11 is 12.9. The van der Waals surface area contributed by atoms with Gasteiger partial charge in [-0.15, -0.1) is 0 Å². The molecular formula is C28H37Cl2N3O4S. The molecule has 38 heavy (non-hydrogen) atoms. The van der Waals surface area contributed by atoms with E-state index in [1.54, 1.807) is 30.3 Å². The van der Waals surface area contributed by atoms with Crippen LogP contribution in [-0.2, 0) is 26.2 Å². The maximum atomic E-state index is 13.9. The lowest BCUT2D eigenvalue weighted by Crippen LogP contribution is -2.54. The topological polar surface area (TPSA) is 86.8 Å².